The number of hydrogen-bond acceptors (Lipinski definition) is 2. The second kappa shape index (κ2) is 7.83. The third kappa shape index (κ3) is 3.65. The van der Waals surface area contributed by atoms with Crippen LogP contribution in [-0.4, -0.2) is 13.1 Å². The fraction of sp³-hybridized carbons (Fsp3) is 0.150. The van der Waals surface area contributed by atoms with Gasteiger partial charge >= 0.3 is 5.97 Å². The highest BCUT2D eigenvalue weighted by molar-refractivity contribution is 6.01. The maximum atomic E-state index is 14.1. The SMILES string of the molecule is CC.COC(=O)c1ccc2cccc(-c3c(F)cc(F)cc3F)c2c1. The Kier molecular flexibility index (Phi) is 5.80. The summed E-state index contributed by atoms with van der Waals surface area (Å²) in [6, 6.07) is 10.9. The van der Waals surface area contributed by atoms with Crippen LogP contribution >= 0.6 is 0 Å². The van der Waals surface area contributed by atoms with Gasteiger partial charge in [-0.15, -0.1) is 0 Å². The molecule has 0 spiro atoms. The van der Waals surface area contributed by atoms with Crippen molar-refractivity contribution in [2.45, 2.75) is 13.8 Å². The lowest BCUT2D eigenvalue weighted by Crippen LogP contribution is -2.01. The van der Waals surface area contributed by atoms with Crippen LogP contribution < -0.4 is 0 Å². The fourth-order valence-electron chi connectivity index (χ4n) is 2.53. The molecule has 0 aromatic heterocycles. The number of carbonyl (C=O) groups is 1. The van der Waals surface area contributed by atoms with E-state index in [-0.39, 0.29) is 16.7 Å². The molecule has 0 amide bonds. The van der Waals surface area contributed by atoms with E-state index in [9.17, 15) is 18.0 Å². The summed E-state index contributed by atoms with van der Waals surface area (Å²) >= 11 is 0. The van der Waals surface area contributed by atoms with E-state index in [0.717, 1.165) is 0 Å². The zero-order valence-electron chi connectivity index (χ0n) is 14.1. The van der Waals surface area contributed by atoms with Gasteiger partial charge in [0.1, 0.15) is 17.5 Å². The van der Waals surface area contributed by atoms with Gasteiger partial charge in [0.05, 0.1) is 18.2 Å². The Morgan fingerprint density at radius 3 is 2.16 bits per heavy atom. The first-order valence-corrected chi connectivity index (χ1v) is 7.77. The Morgan fingerprint density at radius 1 is 0.920 bits per heavy atom. The van der Waals surface area contributed by atoms with Crippen molar-refractivity contribution in [2.24, 2.45) is 0 Å². The highest BCUT2D eigenvalue weighted by atomic mass is 19.1. The molecule has 2 nitrogen and oxygen atoms in total. The molecule has 3 aromatic carbocycles. The molecule has 0 saturated carbocycles. The topological polar surface area (TPSA) is 26.3 Å². The molecule has 130 valence electrons. The summed E-state index contributed by atoms with van der Waals surface area (Å²) in [7, 11) is 1.25. The van der Waals surface area contributed by atoms with Crippen LogP contribution in [0.4, 0.5) is 13.2 Å². The Morgan fingerprint density at radius 2 is 1.56 bits per heavy atom. The number of methoxy groups -OCH3 is 1. The van der Waals surface area contributed by atoms with Crippen LogP contribution in [0.2, 0.25) is 0 Å². The molecule has 3 aromatic rings. The van der Waals surface area contributed by atoms with Crippen LogP contribution in [-0.2, 0) is 4.74 Å². The number of carbonyl (C=O) groups excluding carboxylic acids is 1. The van der Waals surface area contributed by atoms with Gasteiger partial charge in [-0.3, -0.25) is 0 Å². The zero-order valence-corrected chi connectivity index (χ0v) is 14.1. The lowest BCUT2D eigenvalue weighted by Gasteiger charge is -2.10. The first-order chi connectivity index (χ1) is 12.0. The molecule has 0 N–H and O–H groups in total. The van der Waals surface area contributed by atoms with Crippen molar-refractivity contribution < 1.29 is 22.7 Å². The van der Waals surface area contributed by atoms with E-state index >= 15 is 0 Å². The molecule has 0 heterocycles. The summed E-state index contributed by atoms with van der Waals surface area (Å²) in [6.07, 6.45) is 0. The Hall–Kier alpha value is -2.82. The number of fused-ring (bicyclic) bond motifs is 1. The number of ether oxygens (including phenoxy) is 1. The molecular weight excluding hydrogens is 329 g/mol. The molecule has 25 heavy (non-hydrogen) atoms. The maximum Gasteiger partial charge on any atom is 0.337 e. The third-order valence-corrected chi connectivity index (χ3v) is 3.58. The minimum atomic E-state index is -1.00. The zero-order chi connectivity index (χ0) is 18.6. The van der Waals surface area contributed by atoms with Crippen LogP contribution in [0.25, 0.3) is 21.9 Å². The number of rotatable bonds is 2. The molecular formula is C20H17F3O2. The Balaban J connectivity index is 0.00000109. The predicted molar refractivity (Wildman–Crippen MR) is 91.9 cm³/mol. The summed E-state index contributed by atoms with van der Waals surface area (Å²) < 4.78 is 45.9. The molecule has 0 saturated heterocycles. The Bertz CT molecular complexity index is 897. The van der Waals surface area contributed by atoms with Crippen molar-refractivity contribution in [3.63, 3.8) is 0 Å². The monoisotopic (exact) mass is 346 g/mol. The van der Waals surface area contributed by atoms with Gasteiger partial charge in [-0.05, 0) is 28.5 Å². The van der Waals surface area contributed by atoms with E-state index in [1.54, 1.807) is 24.3 Å². The molecule has 5 heteroatoms. The molecule has 0 atom stereocenters. The minimum absolute atomic E-state index is 0.239. The van der Waals surface area contributed by atoms with Crippen molar-refractivity contribution in [1.82, 2.24) is 0 Å². The van der Waals surface area contributed by atoms with Crippen molar-refractivity contribution in [2.75, 3.05) is 7.11 Å². The highest BCUT2D eigenvalue weighted by Gasteiger charge is 2.17. The first-order valence-electron chi connectivity index (χ1n) is 7.77. The average Bonchev–Trinajstić information content (AvgIpc) is 2.61. The van der Waals surface area contributed by atoms with Crippen molar-refractivity contribution in [3.8, 4) is 11.1 Å². The molecule has 0 unspecified atom stereocenters. The summed E-state index contributed by atoms with van der Waals surface area (Å²) in [4.78, 5) is 11.7. The molecule has 0 fully saturated rings. The number of benzene rings is 3. The van der Waals surface area contributed by atoms with E-state index in [1.807, 2.05) is 13.8 Å². The number of esters is 1. The largest absolute Gasteiger partial charge is 0.465 e. The maximum absolute atomic E-state index is 14.1. The van der Waals surface area contributed by atoms with E-state index in [1.165, 1.54) is 19.2 Å². The van der Waals surface area contributed by atoms with Gasteiger partial charge < -0.3 is 4.74 Å². The lowest BCUT2D eigenvalue weighted by molar-refractivity contribution is 0.0601. The lowest BCUT2D eigenvalue weighted by atomic mass is 9.96. The molecule has 0 radical (unpaired) electrons. The number of halogens is 3. The van der Waals surface area contributed by atoms with Crippen LogP contribution in [0.15, 0.2) is 48.5 Å². The van der Waals surface area contributed by atoms with Crippen molar-refractivity contribution in [1.29, 1.82) is 0 Å². The number of hydrogen-bond donors (Lipinski definition) is 0. The first kappa shape index (κ1) is 18.5. The quantitative estimate of drug-likeness (QED) is 0.553. The molecule has 0 aliphatic heterocycles. The summed E-state index contributed by atoms with van der Waals surface area (Å²) in [5.74, 6) is -3.54. The molecule has 0 bridgehead atoms. The van der Waals surface area contributed by atoms with Crippen LogP contribution in [0.3, 0.4) is 0 Å². The standard InChI is InChI=1S/C18H11F3O2.C2H6/c1-23-18(22)11-6-5-10-3-2-4-13(14(10)7-11)17-15(20)8-12(19)9-16(17)21;1-2/h2-9H,1H3;1-2H3. The second-order valence-electron chi connectivity index (χ2n) is 4.98. The van der Waals surface area contributed by atoms with Gasteiger partial charge in [0, 0.05) is 12.1 Å². The Labute approximate surface area is 143 Å². The van der Waals surface area contributed by atoms with Crippen LogP contribution in [0, 0.1) is 17.5 Å². The minimum Gasteiger partial charge on any atom is -0.465 e. The molecule has 3 rings (SSSR count). The summed E-state index contributed by atoms with van der Waals surface area (Å²) in [6.45, 7) is 4.00. The molecule has 0 aliphatic rings. The van der Waals surface area contributed by atoms with E-state index in [2.05, 4.69) is 4.74 Å². The average molecular weight is 346 g/mol. The van der Waals surface area contributed by atoms with E-state index in [4.69, 9.17) is 0 Å². The van der Waals surface area contributed by atoms with Gasteiger partial charge in [-0.2, -0.15) is 0 Å². The van der Waals surface area contributed by atoms with Crippen molar-refractivity contribution in [3.05, 3.63) is 71.5 Å². The summed E-state index contributed by atoms with van der Waals surface area (Å²) in [5.41, 5.74) is 0.164. The predicted octanol–water partition coefficient (Wildman–Crippen LogP) is 5.74. The highest BCUT2D eigenvalue weighted by Crippen LogP contribution is 2.33. The smallest absolute Gasteiger partial charge is 0.337 e. The van der Waals surface area contributed by atoms with Crippen LogP contribution in [0.1, 0.15) is 24.2 Å². The van der Waals surface area contributed by atoms with Gasteiger partial charge in [-0.25, -0.2) is 18.0 Å². The normalized spacial score (nSPS) is 10.2. The molecule has 0 aliphatic carbocycles. The van der Waals surface area contributed by atoms with E-state index < -0.39 is 23.4 Å². The fourth-order valence-corrected chi connectivity index (χ4v) is 2.53. The second-order valence-corrected chi connectivity index (χ2v) is 4.98. The van der Waals surface area contributed by atoms with Crippen molar-refractivity contribution >= 4 is 16.7 Å². The van der Waals surface area contributed by atoms with Crippen LogP contribution in [0.5, 0.6) is 0 Å². The third-order valence-electron chi connectivity index (χ3n) is 3.58. The van der Waals surface area contributed by atoms with Gasteiger partial charge in [0.15, 0.2) is 0 Å². The van der Waals surface area contributed by atoms with Gasteiger partial charge in [0.25, 0.3) is 0 Å². The van der Waals surface area contributed by atoms with Gasteiger partial charge in [-0.1, -0.05) is 38.1 Å². The van der Waals surface area contributed by atoms with Gasteiger partial charge in [0.2, 0.25) is 0 Å². The van der Waals surface area contributed by atoms with E-state index in [0.29, 0.717) is 22.9 Å². The summed E-state index contributed by atoms with van der Waals surface area (Å²) in [5, 5.41) is 1.16.